The van der Waals surface area contributed by atoms with E-state index >= 15 is 0 Å². The number of carbonyl (C=O) groups excluding carboxylic acids is 1. The second kappa shape index (κ2) is 4.70. The Morgan fingerprint density at radius 3 is 2.65 bits per heavy atom. The first-order chi connectivity index (χ1) is 9.58. The summed E-state index contributed by atoms with van der Waals surface area (Å²) in [6.07, 6.45) is 1.47. The van der Waals surface area contributed by atoms with Crippen LogP contribution in [0.25, 0.3) is 11.4 Å². The fraction of sp³-hybridized carbons (Fsp3) is 0.357. The summed E-state index contributed by atoms with van der Waals surface area (Å²) in [6.45, 7) is 0. The van der Waals surface area contributed by atoms with Gasteiger partial charge in [0.25, 0.3) is 0 Å². The molecule has 0 bridgehead atoms. The molecule has 0 spiro atoms. The summed E-state index contributed by atoms with van der Waals surface area (Å²) < 4.78 is 14.9. The summed E-state index contributed by atoms with van der Waals surface area (Å²) in [5.41, 5.74) is 0.767. The van der Waals surface area contributed by atoms with E-state index in [4.69, 9.17) is 0 Å². The first-order valence-electron chi connectivity index (χ1n) is 6.49. The highest BCUT2D eigenvalue weighted by Crippen LogP contribution is 2.31. The number of aryl methyl sites for hydroxylation is 1. The summed E-state index contributed by atoms with van der Waals surface area (Å²) in [5, 5.41) is 8.29. The van der Waals surface area contributed by atoms with Gasteiger partial charge < -0.3 is 4.90 Å². The number of hydrogen-bond acceptors (Lipinski definition) is 3. The van der Waals surface area contributed by atoms with Crippen LogP contribution in [0, 0.1) is 5.82 Å². The van der Waals surface area contributed by atoms with Crippen LogP contribution in [0.4, 0.5) is 4.39 Å². The van der Waals surface area contributed by atoms with E-state index in [0.717, 1.165) is 24.2 Å². The number of benzene rings is 1. The van der Waals surface area contributed by atoms with Gasteiger partial charge >= 0.3 is 0 Å². The molecule has 0 radical (unpaired) electrons. The molecule has 0 aliphatic carbocycles. The highest BCUT2D eigenvalue weighted by molar-refractivity contribution is 5.81. The minimum absolute atomic E-state index is 0.0342. The molecule has 1 aromatic heterocycles. The Morgan fingerprint density at radius 2 is 2.00 bits per heavy atom. The maximum atomic E-state index is 13.0. The van der Waals surface area contributed by atoms with Crippen molar-refractivity contribution in [3.63, 3.8) is 0 Å². The van der Waals surface area contributed by atoms with Crippen molar-refractivity contribution < 1.29 is 9.18 Å². The fourth-order valence-corrected chi connectivity index (χ4v) is 2.54. The number of hydrogen-bond donors (Lipinski definition) is 0. The Kier molecular flexibility index (Phi) is 3.00. The molecule has 0 saturated carbocycles. The highest BCUT2D eigenvalue weighted by atomic mass is 19.1. The van der Waals surface area contributed by atoms with Crippen molar-refractivity contribution in [1.82, 2.24) is 19.7 Å². The van der Waals surface area contributed by atoms with Crippen molar-refractivity contribution in [1.29, 1.82) is 0 Å². The van der Waals surface area contributed by atoms with Crippen LogP contribution in [0.15, 0.2) is 24.3 Å². The standard InChI is InChI=1S/C14H15FN4O/c1-18(2)14(20)11-7-8-12-16-17-13(19(11)12)9-3-5-10(15)6-4-9/h3-6,11H,7-8H2,1-2H3. The number of fused-ring (bicyclic) bond motifs is 1. The lowest BCUT2D eigenvalue weighted by Crippen LogP contribution is -2.30. The number of nitrogens with zero attached hydrogens (tertiary/aromatic N) is 4. The Hall–Kier alpha value is -2.24. The van der Waals surface area contributed by atoms with Gasteiger partial charge in [-0.05, 0) is 30.7 Å². The van der Waals surface area contributed by atoms with Gasteiger partial charge in [-0.25, -0.2) is 4.39 Å². The molecule has 20 heavy (non-hydrogen) atoms. The Labute approximate surface area is 116 Å². The third-order valence-electron chi connectivity index (χ3n) is 3.55. The molecular weight excluding hydrogens is 259 g/mol. The van der Waals surface area contributed by atoms with Gasteiger partial charge in [-0.1, -0.05) is 0 Å². The molecule has 6 heteroatoms. The third-order valence-corrected chi connectivity index (χ3v) is 3.55. The molecule has 1 atom stereocenters. The van der Waals surface area contributed by atoms with Crippen molar-refractivity contribution in [3.05, 3.63) is 35.9 Å². The van der Waals surface area contributed by atoms with Crippen LogP contribution < -0.4 is 0 Å². The average molecular weight is 274 g/mol. The van der Waals surface area contributed by atoms with Gasteiger partial charge in [0.15, 0.2) is 5.82 Å². The normalized spacial score (nSPS) is 17.1. The van der Waals surface area contributed by atoms with Crippen LogP contribution >= 0.6 is 0 Å². The molecule has 0 N–H and O–H groups in total. The quantitative estimate of drug-likeness (QED) is 0.837. The molecule has 2 aromatic rings. The van der Waals surface area contributed by atoms with E-state index in [1.165, 1.54) is 12.1 Å². The molecule has 0 saturated heterocycles. The molecule has 1 amide bonds. The second-order valence-corrected chi connectivity index (χ2v) is 5.10. The smallest absolute Gasteiger partial charge is 0.245 e. The van der Waals surface area contributed by atoms with Crippen LogP contribution in [-0.2, 0) is 11.2 Å². The van der Waals surface area contributed by atoms with E-state index in [0.29, 0.717) is 5.82 Å². The third kappa shape index (κ3) is 1.97. The number of carbonyl (C=O) groups is 1. The van der Waals surface area contributed by atoms with Gasteiger partial charge in [-0.15, -0.1) is 10.2 Å². The van der Waals surface area contributed by atoms with E-state index in [2.05, 4.69) is 10.2 Å². The summed E-state index contributed by atoms with van der Waals surface area (Å²) in [6, 6.07) is 5.81. The average Bonchev–Trinajstić information content (AvgIpc) is 3.00. The zero-order chi connectivity index (χ0) is 14.3. The van der Waals surface area contributed by atoms with E-state index in [1.54, 1.807) is 31.1 Å². The van der Waals surface area contributed by atoms with E-state index in [9.17, 15) is 9.18 Å². The van der Waals surface area contributed by atoms with Gasteiger partial charge in [-0.2, -0.15) is 0 Å². The van der Waals surface area contributed by atoms with Gasteiger partial charge in [-0.3, -0.25) is 9.36 Å². The molecule has 104 valence electrons. The number of halogens is 1. The molecule has 1 aromatic carbocycles. The minimum Gasteiger partial charge on any atom is -0.347 e. The lowest BCUT2D eigenvalue weighted by atomic mass is 10.1. The molecule has 5 nitrogen and oxygen atoms in total. The molecule has 3 rings (SSSR count). The van der Waals surface area contributed by atoms with Crippen molar-refractivity contribution in [2.24, 2.45) is 0 Å². The number of rotatable bonds is 2. The van der Waals surface area contributed by atoms with E-state index < -0.39 is 0 Å². The van der Waals surface area contributed by atoms with Crippen LogP contribution in [0.3, 0.4) is 0 Å². The zero-order valence-electron chi connectivity index (χ0n) is 11.4. The van der Waals surface area contributed by atoms with Gasteiger partial charge in [0.1, 0.15) is 17.7 Å². The monoisotopic (exact) mass is 274 g/mol. The highest BCUT2D eigenvalue weighted by Gasteiger charge is 2.33. The summed E-state index contributed by atoms with van der Waals surface area (Å²) in [7, 11) is 3.48. The predicted molar refractivity (Wildman–Crippen MR) is 71.5 cm³/mol. The van der Waals surface area contributed by atoms with Crippen LogP contribution in [0.1, 0.15) is 18.3 Å². The van der Waals surface area contributed by atoms with Gasteiger partial charge in [0.05, 0.1) is 0 Å². The SMILES string of the molecule is CN(C)C(=O)C1CCc2nnc(-c3ccc(F)cc3)n21. The minimum atomic E-state index is -0.296. The Bertz CT molecular complexity index is 648. The van der Waals surface area contributed by atoms with Crippen molar-refractivity contribution in [2.45, 2.75) is 18.9 Å². The Morgan fingerprint density at radius 1 is 1.30 bits per heavy atom. The second-order valence-electron chi connectivity index (χ2n) is 5.10. The largest absolute Gasteiger partial charge is 0.347 e. The fourth-order valence-electron chi connectivity index (χ4n) is 2.54. The van der Waals surface area contributed by atoms with Crippen LogP contribution in [0.2, 0.25) is 0 Å². The molecular formula is C14H15FN4O. The first kappa shape index (κ1) is 12.8. The maximum Gasteiger partial charge on any atom is 0.245 e. The van der Waals surface area contributed by atoms with Crippen LogP contribution in [0.5, 0.6) is 0 Å². The van der Waals surface area contributed by atoms with E-state index in [1.807, 2.05) is 4.57 Å². The molecule has 1 aliphatic rings. The predicted octanol–water partition coefficient (Wildman–Crippen LogP) is 1.66. The number of likely N-dealkylation sites (N-methyl/N-ethyl adjacent to an activating group) is 1. The van der Waals surface area contributed by atoms with Crippen molar-refractivity contribution >= 4 is 5.91 Å². The number of amides is 1. The topological polar surface area (TPSA) is 51.0 Å². The summed E-state index contributed by atoms with van der Waals surface area (Å²) >= 11 is 0. The van der Waals surface area contributed by atoms with Crippen LogP contribution in [-0.4, -0.2) is 39.7 Å². The van der Waals surface area contributed by atoms with Gasteiger partial charge in [0.2, 0.25) is 5.91 Å². The lowest BCUT2D eigenvalue weighted by molar-refractivity contribution is -0.131. The van der Waals surface area contributed by atoms with Gasteiger partial charge in [0, 0.05) is 26.1 Å². The summed E-state index contributed by atoms with van der Waals surface area (Å²) in [5.74, 6) is 1.17. The summed E-state index contributed by atoms with van der Waals surface area (Å²) in [4.78, 5) is 13.8. The maximum absolute atomic E-state index is 13.0. The first-order valence-corrected chi connectivity index (χ1v) is 6.49. The number of aromatic nitrogens is 3. The van der Waals surface area contributed by atoms with Crippen molar-refractivity contribution in [2.75, 3.05) is 14.1 Å². The molecule has 1 unspecified atom stereocenters. The van der Waals surface area contributed by atoms with E-state index in [-0.39, 0.29) is 17.8 Å². The molecule has 2 heterocycles. The zero-order valence-corrected chi connectivity index (χ0v) is 11.4. The lowest BCUT2D eigenvalue weighted by Gasteiger charge is -2.19. The van der Waals surface area contributed by atoms with Crippen molar-refractivity contribution in [3.8, 4) is 11.4 Å². The molecule has 1 aliphatic heterocycles. The molecule has 0 fully saturated rings. The Balaban J connectivity index is 2.04.